The Morgan fingerprint density at radius 1 is 0.643 bits per heavy atom. The average Bonchev–Trinajstić information content (AvgIpc) is 3.53. The Morgan fingerprint density at radius 3 is 1.19 bits per heavy atom. The van der Waals surface area contributed by atoms with E-state index in [0.717, 1.165) is 13.1 Å². The van der Waals surface area contributed by atoms with Crippen LogP contribution in [0.3, 0.4) is 0 Å². The number of carbonyl (C=O) groups excluding carboxylic acids is 1. The fourth-order valence-corrected chi connectivity index (χ4v) is 2.92. The molecule has 42 heavy (non-hydrogen) atoms. The van der Waals surface area contributed by atoms with Gasteiger partial charge in [0.1, 0.15) is 37.9 Å². The lowest BCUT2D eigenvalue weighted by atomic mass is 10.2. The standard InChI is InChI=1S/C21H20N4O.2CHF3O3S/c26-21(24-13-11-22(17-24)15-19-7-3-1-4-8-19)25-14-12-23(18-25)16-20-9-5-2-6-10-20;2*2-1(3,4)8(5,6)7/h1-14,17-18H,15-16H2;2*(H,5,6,7)/q+2;;/p-2. The zero-order chi connectivity index (χ0) is 31.8. The quantitative estimate of drug-likeness (QED) is 0.144. The number of benzene rings is 2. The van der Waals surface area contributed by atoms with Gasteiger partial charge in [-0.3, -0.25) is 0 Å². The second-order valence-electron chi connectivity index (χ2n) is 8.04. The Bertz CT molecular complexity index is 1550. The summed E-state index contributed by atoms with van der Waals surface area (Å²) in [6.45, 7) is 1.47. The third-order valence-corrected chi connectivity index (χ3v) is 5.94. The molecular weight excluding hydrogens is 622 g/mol. The number of imidazole rings is 2. The Balaban J connectivity index is 0.000000319. The summed E-state index contributed by atoms with van der Waals surface area (Å²) < 4.78 is 125. The summed E-state index contributed by atoms with van der Waals surface area (Å²) in [5.41, 5.74) is -8.89. The van der Waals surface area contributed by atoms with Gasteiger partial charge in [0.15, 0.2) is 20.2 Å². The predicted octanol–water partition coefficient (Wildman–Crippen LogP) is 2.58. The van der Waals surface area contributed by atoms with E-state index in [0.29, 0.717) is 0 Å². The van der Waals surface area contributed by atoms with E-state index in [1.807, 2.05) is 70.6 Å². The molecular formula is C23H20F6N4O7S2. The zero-order valence-electron chi connectivity index (χ0n) is 20.9. The first-order chi connectivity index (χ1) is 19.3. The van der Waals surface area contributed by atoms with Crippen LogP contribution < -0.4 is 9.13 Å². The third-order valence-electron chi connectivity index (χ3n) is 4.81. The van der Waals surface area contributed by atoms with E-state index in [9.17, 15) is 31.1 Å². The van der Waals surface area contributed by atoms with Crippen molar-refractivity contribution in [2.75, 3.05) is 0 Å². The maximum Gasteiger partial charge on any atom is 0.513 e. The first kappa shape index (κ1) is 34.1. The highest BCUT2D eigenvalue weighted by molar-refractivity contribution is 7.86. The van der Waals surface area contributed by atoms with E-state index in [1.165, 1.54) is 11.1 Å². The SMILES string of the molecule is O=C(n1cc[n+](Cc2ccccc2)c1)n1cc[n+](Cc2ccccc2)c1.O=S(=O)([O-])C(F)(F)F.O=S(=O)([O-])C(F)(F)F. The molecule has 0 aliphatic rings. The highest BCUT2D eigenvalue weighted by Gasteiger charge is 2.37. The second kappa shape index (κ2) is 13.7. The first-order valence-corrected chi connectivity index (χ1v) is 13.9. The van der Waals surface area contributed by atoms with E-state index in [2.05, 4.69) is 24.3 Å². The molecule has 2 aromatic carbocycles. The van der Waals surface area contributed by atoms with E-state index >= 15 is 0 Å². The van der Waals surface area contributed by atoms with Crippen molar-refractivity contribution in [3.63, 3.8) is 0 Å². The van der Waals surface area contributed by atoms with Crippen LogP contribution in [0, 0.1) is 0 Å². The van der Waals surface area contributed by atoms with Crippen LogP contribution in [0.5, 0.6) is 0 Å². The molecule has 0 saturated heterocycles. The molecule has 0 amide bonds. The first-order valence-electron chi connectivity index (χ1n) is 11.1. The zero-order valence-corrected chi connectivity index (χ0v) is 22.5. The fraction of sp³-hybridized carbons (Fsp3) is 0.174. The van der Waals surface area contributed by atoms with Gasteiger partial charge in [0.25, 0.3) is 12.7 Å². The lowest BCUT2D eigenvalue weighted by molar-refractivity contribution is -0.687. The summed E-state index contributed by atoms with van der Waals surface area (Å²) in [5.74, 6) is 0. The van der Waals surface area contributed by atoms with Gasteiger partial charge in [0, 0.05) is 0 Å². The van der Waals surface area contributed by atoms with Gasteiger partial charge in [-0.2, -0.15) is 31.1 Å². The third kappa shape index (κ3) is 10.7. The summed E-state index contributed by atoms with van der Waals surface area (Å²) in [6.07, 6.45) is 11.0. The number of hydrogen-bond donors (Lipinski definition) is 0. The minimum absolute atomic E-state index is 0.108. The Hall–Kier alpha value is -4.07. The lowest BCUT2D eigenvalue weighted by Gasteiger charge is -2.08. The summed E-state index contributed by atoms with van der Waals surface area (Å²) in [5, 5.41) is 0. The molecule has 4 rings (SSSR count). The minimum atomic E-state index is -6.09. The molecule has 4 aromatic rings. The number of rotatable bonds is 4. The molecule has 0 aliphatic carbocycles. The van der Waals surface area contributed by atoms with Gasteiger partial charge in [-0.1, -0.05) is 60.7 Å². The lowest BCUT2D eigenvalue weighted by Crippen LogP contribution is -2.33. The Kier molecular flexibility index (Phi) is 11.2. The number of alkyl halides is 6. The average molecular weight is 643 g/mol. The minimum Gasteiger partial charge on any atom is -0.741 e. The molecule has 0 spiro atoms. The topological polar surface area (TPSA) is 149 Å². The molecule has 11 nitrogen and oxygen atoms in total. The van der Waals surface area contributed by atoms with Crippen LogP contribution in [0.25, 0.3) is 0 Å². The highest BCUT2D eigenvalue weighted by Crippen LogP contribution is 2.21. The van der Waals surface area contributed by atoms with Gasteiger partial charge < -0.3 is 9.11 Å². The Morgan fingerprint density at radius 2 is 0.929 bits per heavy atom. The highest BCUT2D eigenvalue weighted by atomic mass is 32.2. The van der Waals surface area contributed by atoms with Crippen LogP contribution in [0.2, 0.25) is 0 Å². The molecule has 2 aromatic heterocycles. The molecule has 0 fully saturated rings. The Labute approximate surface area is 235 Å². The number of halogens is 6. The summed E-state index contributed by atoms with van der Waals surface area (Å²) in [7, 11) is -12.2. The van der Waals surface area contributed by atoms with Crippen molar-refractivity contribution < 1.29 is 66.2 Å². The van der Waals surface area contributed by atoms with Gasteiger partial charge in [0.2, 0.25) is 0 Å². The summed E-state index contributed by atoms with van der Waals surface area (Å²) >= 11 is 0. The van der Waals surface area contributed by atoms with Crippen LogP contribution >= 0.6 is 0 Å². The predicted molar refractivity (Wildman–Crippen MR) is 128 cm³/mol. The normalized spacial score (nSPS) is 12.0. The molecule has 0 aliphatic heterocycles. The molecule has 19 heteroatoms. The van der Waals surface area contributed by atoms with Crippen molar-refractivity contribution in [1.29, 1.82) is 0 Å². The number of nitrogens with zero attached hydrogens (tertiary/aromatic N) is 4. The van der Waals surface area contributed by atoms with E-state index in [1.54, 1.807) is 21.5 Å². The maximum absolute atomic E-state index is 12.7. The molecule has 0 saturated carbocycles. The largest absolute Gasteiger partial charge is 0.741 e. The van der Waals surface area contributed by atoms with Crippen LogP contribution in [-0.2, 0) is 33.3 Å². The monoisotopic (exact) mass is 642 g/mol. The van der Waals surface area contributed by atoms with Crippen LogP contribution in [0.15, 0.2) is 98.1 Å². The second-order valence-corrected chi connectivity index (χ2v) is 10.8. The van der Waals surface area contributed by atoms with E-state index in [-0.39, 0.29) is 6.03 Å². The van der Waals surface area contributed by atoms with Crippen molar-refractivity contribution in [3.05, 3.63) is 109 Å². The van der Waals surface area contributed by atoms with Crippen molar-refractivity contribution in [2.45, 2.75) is 24.1 Å². The molecule has 0 bridgehead atoms. The van der Waals surface area contributed by atoms with E-state index < -0.39 is 31.3 Å². The summed E-state index contributed by atoms with van der Waals surface area (Å²) in [6, 6.07) is 20.3. The van der Waals surface area contributed by atoms with Crippen LogP contribution in [-0.4, -0.2) is 52.1 Å². The fourth-order valence-electron chi connectivity index (χ4n) is 2.92. The maximum atomic E-state index is 12.7. The van der Waals surface area contributed by atoms with Crippen molar-refractivity contribution in [1.82, 2.24) is 9.13 Å². The van der Waals surface area contributed by atoms with Gasteiger partial charge in [-0.25, -0.2) is 26.0 Å². The number of carbonyl (C=O) groups is 1. The van der Waals surface area contributed by atoms with Crippen molar-refractivity contribution in [2.24, 2.45) is 0 Å². The van der Waals surface area contributed by atoms with Crippen LogP contribution in [0.4, 0.5) is 31.1 Å². The van der Waals surface area contributed by atoms with Crippen molar-refractivity contribution in [3.8, 4) is 0 Å². The van der Waals surface area contributed by atoms with Gasteiger partial charge in [-0.15, -0.1) is 9.13 Å². The molecule has 0 unspecified atom stereocenters. The van der Waals surface area contributed by atoms with Crippen molar-refractivity contribution >= 4 is 26.3 Å². The van der Waals surface area contributed by atoms with Gasteiger partial charge in [-0.05, 0) is 11.1 Å². The van der Waals surface area contributed by atoms with Crippen LogP contribution in [0.1, 0.15) is 11.1 Å². The smallest absolute Gasteiger partial charge is 0.513 e. The summed E-state index contributed by atoms with van der Waals surface area (Å²) in [4.78, 5) is 12.7. The van der Waals surface area contributed by atoms with Gasteiger partial charge in [0.05, 0.1) is 0 Å². The molecule has 228 valence electrons. The molecule has 0 atom stereocenters. The van der Waals surface area contributed by atoms with E-state index in [4.69, 9.17) is 25.9 Å². The van der Waals surface area contributed by atoms with Gasteiger partial charge >= 0.3 is 17.0 Å². The molecule has 0 N–H and O–H groups in total. The molecule has 2 heterocycles. The number of aromatic nitrogens is 4. The number of hydrogen-bond acceptors (Lipinski definition) is 7. The molecule has 0 radical (unpaired) electrons.